The van der Waals surface area contributed by atoms with Crippen molar-refractivity contribution in [3.63, 3.8) is 0 Å². The molecule has 1 heterocycles. The number of aromatic nitrogens is 2. The first-order chi connectivity index (χ1) is 7.45. The zero-order valence-corrected chi connectivity index (χ0v) is 11.0. The maximum Gasteiger partial charge on any atom is 0.178 e. The van der Waals surface area contributed by atoms with Crippen LogP contribution >= 0.6 is 12.6 Å². The topological polar surface area (TPSA) is 52.0 Å². The third kappa shape index (κ3) is 2.27. The summed E-state index contributed by atoms with van der Waals surface area (Å²) in [7, 11) is -3.14. The highest BCUT2D eigenvalue weighted by molar-refractivity contribution is 7.90. The van der Waals surface area contributed by atoms with Gasteiger partial charge in [0.05, 0.1) is 6.20 Å². The van der Waals surface area contributed by atoms with Crippen molar-refractivity contribution in [1.29, 1.82) is 0 Å². The van der Waals surface area contributed by atoms with E-state index < -0.39 is 9.84 Å². The Kier molecular flexibility index (Phi) is 3.05. The lowest BCUT2D eigenvalue weighted by Crippen LogP contribution is -2.36. The summed E-state index contributed by atoms with van der Waals surface area (Å²) >= 11 is 4.37. The van der Waals surface area contributed by atoms with Crippen molar-refractivity contribution in [3.05, 3.63) is 12.4 Å². The normalized spacial score (nSPS) is 19.4. The molecule has 1 aliphatic rings. The minimum Gasteiger partial charge on any atom is -0.271 e. The average Bonchev–Trinajstić information content (AvgIpc) is 2.58. The molecule has 1 fully saturated rings. The van der Waals surface area contributed by atoms with Crippen molar-refractivity contribution in [3.8, 4) is 0 Å². The van der Waals surface area contributed by atoms with Crippen LogP contribution < -0.4 is 0 Å². The van der Waals surface area contributed by atoms with Gasteiger partial charge in [0.15, 0.2) is 9.84 Å². The van der Waals surface area contributed by atoms with E-state index in [-0.39, 0.29) is 5.41 Å². The molecule has 90 valence electrons. The summed E-state index contributed by atoms with van der Waals surface area (Å²) in [6, 6.07) is 0. The van der Waals surface area contributed by atoms with E-state index >= 15 is 0 Å². The Morgan fingerprint density at radius 1 is 1.56 bits per heavy atom. The number of thiol groups is 1. The van der Waals surface area contributed by atoms with E-state index in [1.807, 2.05) is 0 Å². The van der Waals surface area contributed by atoms with Gasteiger partial charge in [-0.05, 0) is 24.0 Å². The quantitative estimate of drug-likeness (QED) is 0.832. The van der Waals surface area contributed by atoms with Gasteiger partial charge in [0, 0.05) is 19.0 Å². The molecular weight excluding hydrogens is 244 g/mol. The minimum absolute atomic E-state index is 0.226. The Hall–Kier alpha value is -0.490. The third-order valence-electron chi connectivity index (χ3n) is 3.28. The molecule has 0 aliphatic heterocycles. The fourth-order valence-electron chi connectivity index (χ4n) is 2.01. The van der Waals surface area contributed by atoms with E-state index in [0.29, 0.717) is 4.90 Å². The molecule has 0 atom stereocenters. The van der Waals surface area contributed by atoms with Crippen LogP contribution in [0.2, 0.25) is 0 Å². The number of hydrogen-bond acceptors (Lipinski definition) is 4. The van der Waals surface area contributed by atoms with Gasteiger partial charge in [-0.25, -0.2) is 8.42 Å². The summed E-state index contributed by atoms with van der Waals surface area (Å²) in [6.07, 6.45) is 7.78. The molecule has 1 aromatic heterocycles. The van der Waals surface area contributed by atoms with Gasteiger partial charge in [-0.1, -0.05) is 6.42 Å². The summed E-state index contributed by atoms with van der Waals surface area (Å²) in [5, 5.41) is 4.10. The van der Waals surface area contributed by atoms with Gasteiger partial charge in [0.2, 0.25) is 0 Å². The second-order valence-electron chi connectivity index (χ2n) is 4.66. The molecule has 0 saturated heterocycles. The molecule has 0 aromatic carbocycles. The molecule has 1 aliphatic carbocycles. The Morgan fingerprint density at radius 3 is 2.62 bits per heavy atom. The van der Waals surface area contributed by atoms with Crippen LogP contribution in [0.25, 0.3) is 0 Å². The first-order valence-corrected chi connectivity index (χ1v) is 7.81. The fourth-order valence-corrected chi connectivity index (χ4v) is 2.98. The summed E-state index contributed by atoms with van der Waals surface area (Å²) in [6.45, 7) is 0.770. The van der Waals surface area contributed by atoms with Crippen molar-refractivity contribution < 1.29 is 8.42 Å². The van der Waals surface area contributed by atoms with Gasteiger partial charge < -0.3 is 0 Å². The van der Waals surface area contributed by atoms with Crippen LogP contribution in [0, 0.1) is 5.41 Å². The summed E-state index contributed by atoms with van der Waals surface area (Å²) < 4.78 is 24.3. The molecule has 1 aromatic rings. The van der Waals surface area contributed by atoms with E-state index in [9.17, 15) is 8.42 Å². The van der Waals surface area contributed by atoms with Crippen LogP contribution in [-0.4, -0.2) is 30.2 Å². The third-order valence-corrected chi connectivity index (χ3v) is 5.02. The molecule has 4 nitrogen and oxygen atoms in total. The highest BCUT2D eigenvalue weighted by Crippen LogP contribution is 2.43. The standard InChI is InChI=1S/C10H16N2O2S2/c1-16(13,14)9-5-11-12(6-9)7-10(8-15)3-2-4-10/h5-6,15H,2-4,7-8H2,1H3. The average molecular weight is 260 g/mol. The molecule has 0 spiro atoms. The molecule has 1 saturated carbocycles. The Balaban J connectivity index is 2.14. The molecule has 2 rings (SSSR count). The highest BCUT2D eigenvalue weighted by Gasteiger charge is 2.36. The lowest BCUT2D eigenvalue weighted by atomic mass is 9.70. The maximum absolute atomic E-state index is 11.3. The molecule has 0 amide bonds. The number of sulfone groups is 1. The van der Waals surface area contributed by atoms with Crippen molar-refractivity contribution in [2.75, 3.05) is 12.0 Å². The van der Waals surface area contributed by atoms with Crippen molar-refractivity contribution in [1.82, 2.24) is 9.78 Å². The van der Waals surface area contributed by atoms with Crippen molar-refractivity contribution in [2.45, 2.75) is 30.7 Å². The summed E-state index contributed by atoms with van der Waals surface area (Å²) in [5.74, 6) is 0.834. The predicted octanol–water partition coefficient (Wildman–Crippen LogP) is 1.39. The summed E-state index contributed by atoms with van der Waals surface area (Å²) in [4.78, 5) is 0.293. The number of hydrogen-bond donors (Lipinski definition) is 1. The number of rotatable bonds is 4. The predicted molar refractivity (Wildman–Crippen MR) is 65.5 cm³/mol. The van der Waals surface area contributed by atoms with E-state index in [4.69, 9.17) is 0 Å². The van der Waals surface area contributed by atoms with Gasteiger partial charge in [0.25, 0.3) is 0 Å². The molecule has 6 heteroatoms. The van der Waals surface area contributed by atoms with Gasteiger partial charge in [-0.15, -0.1) is 0 Å². The lowest BCUT2D eigenvalue weighted by Gasteiger charge is -2.40. The van der Waals surface area contributed by atoms with E-state index in [2.05, 4.69) is 17.7 Å². The SMILES string of the molecule is CS(=O)(=O)c1cnn(CC2(CS)CCC2)c1. The van der Waals surface area contributed by atoms with E-state index in [0.717, 1.165) is 25.1 Å². The maximum atomic E-state index is 11.3. The first-order valence-electron chi connectivity index (χ1n) is 5.29. The van der Waals surface area contributed by atoms with Crippen LogP contribution in [0.15, 0.2) is 17.3 Å². The zero-order valence-electron chi connectivity index (χ0n) is 9.26. The second kappa shape index (κ2) is 4.07. The smallest absolute Gasteiger partial charge is 0.178 e. The first kappa shape index (κ1) is 12.0. The van der Waals surface area contributed by atoms with Crippen molar-refractivity contribution >= 4 is 22.5 Å². The summed E-state index contributed by atoms with van der Waals surface area (Å²) in [5.41, 5.74) is 0.226. The molecular formula is C10H16N2O2S2. The van der Waals surface area contributed by atoms with Crippen LogP contribution in [0.1, 0.15) is 19.3 Å². The van der Waals surface area contributed by atoms with Crippen LogP contribution in [0.4, 0.5) is 0 Å². The molecule has 0 N–H and O–H groups in total. The number of nitrogens with zero attached hydrogens (tertiary/aromatic N) is 2. The zero-order chi connectivity index (χ0) is 11.8. The Morgan fingerprint density at radius 2 is 2.25 bits per heavy atom. The van der Waals surface area contributed by atoms with Crippen LogP contribution in [0.5, 0.6) is 0 Å². The molecule has 0 radical (unpaired) electrons. The van der Waals surface area contributed by atoms with Crippen LogP contribution in [0.3, 0.4) is 0 Å². The van der Waals surface area contributed by atoms with Crippen molar-refractivity contribution in [2.24, 2.45) is 5.41 Å². The Labute approximate surface area is 101 Å². The molecule has 0 bridgehead atoms. The van der Waals surface area contributed by atoms with E-state index in [1.165, 1.54) is 18.9 Å². The van der Waals surface area contributed by atoms with Gasteiger partial charge in [0.1, 0.15) is 4.90 Å². The molecule has 0 unspecified atom stereocenters. The van der Waals surface area contributed by atoms with Gasteiger partial charge >= 0.3 is 0 Å². The van der Waals surface area contributed by atoms with Crippen LogP contribution in [-0.2, 0) is 16.4 Å². The van der Waals surface area contributed by atoms with E-state index in [1.54, 1.807) is 10.9 Å². The Bertz CT molecular complexity index is 469. The fraction of sp³-hybridized carbons (Fsp3) is 0.700. The largest absolute Gasteiger partial charge is 0.271 e. The van der Waals surface area contributed by atoms with Gasteiger partial charge in [-0.3, -0.25) is 4.68 Å². The lowest BCUT2D eigenvalue weighted by molar-refractivity contribution is 0.133. The second-order valence-corrected chi connectivity index (χ2v) is 6.99. The molecule has 16 heavy (non-hydrogen) atoms. The minimum atomic E-state index is -3.14. The monoisotopic (exact) mass is 260 g/mol. The highest BCUT2D eigenvalue weighted by atomic mass is 32.2. The van der Waals surface area contributed by atoms with Gasteiger partial charge in [-0.2, -0.15) is 17.7 Å².